The topological polar surface area (TPSA) is 62.7 Å². The minimum absolute atomic E-state index is 0.374. The normalized spacial score (nSPS) is 15.8. The Hall–Kier alpha value is -2.33. The molecule has 0 radical (unpaired) electrons. The number of ether oxygens (including phenoxy) is 1. The highest BCUT2D eigenvalue weighted by Gasteiger charge is 2.40. The largest absolute Gasteiger partial charge is 0.573 e. The van der Waals surface area contributed by atoms with Crippen molar-refractivity contribution in [2.24, 2.45) is 0 Å². The van der Waals surface area contributed by atoms with Crippen LogP contribution in [0.25, 0.3) is 0 Å². The summed E-state index contributed by atoms with van der Waals surface area (Å²) in [6.45, 7) is 0.796. The molecule has 0 N–H and O–H groups in total. The van der Waals surface area contributed by atoms with Crippen molar-refractivity contribution in [3.8, 4) is 5.75 Å². The van der Waals surface area contributed by atoms with Crippen LogP contribution in [-0.4, -0.2) is 50.2 Å². The first-order chi connectivity index (χ1) is 12.2. The van der Waals surface area contributed by atoms with Gasteiger partial charge in [-0.05, 0) is 24.3 Å². The lowest BCUT2D eigenvalue weighted by Crippen LogP contribution is -2.60. The van der Waals surface area contributed by atoms with E-state index in [1.165, 1.54) is 19.2 Å². The molecular formula is C16H16F3N3O3S. The van der Waals surface area contributed by atoms with E-state index in [0.717, 1.165) is 22.3 Å². The van der Waals surface area contributed by atoms with E-state index in [-0.39, 0.29) is 6.04 Å². The molecule has 2 aromatic rings. The Morgan fingerprint density at radius 3 is 2.42 bits per heavy atom. The van der Waals surface area contributed by atoms with Gasteiger partial charge in [-0.2, -0.15) is 4.31 Å². The monoisotopic (exact) mass is 387 g/mol. The predicted octanol–water partition coefficient (Wildman–Crippen LogP) is 2.49. The first kappa shape index (κ1) is 18.5. The number of alkyl halides is 3. The molecule has 1 aromatic carbocycles. The van der Waals surface area contributed by atoms with E-state index < -0.39 is 27.0 Å². The minimum Gasteiger partial charge on any atom is -0.404 e. The van der Waals surface area contributed by atoms with Crippen LogP contribution in [0.3, 0.4) is 0 Å². The van der Waals surface area contributed by atoms with Gasteiger partial charge in [0, 0.05) is 26.3 Å². The van der Waals surface area contributed by atoms with E-state index >= 15 is 0 Å². The third kappa shape index (κ3) is 3.75. The average molecular weight is 387 g/mol. The third-order valence-corrected chi connectivity index (χ3v) is 6.03. The maximum absolute atomic E-state index is 12.8. The van der Waals surface area contributed by atoms with Gasteiger partial charge in [0.05, 0.1) is 6.04 Å². The molecule has 10 heteroatoms. The molecule has 0 atom stereocenters. The van der Waals surface area contributed by atoms with Crippen molar-refractivity contribution in [1.29, 1.82) is 0 Å². The highest BCUT2D eigenvalue weighted by molar-refractivity contribution is 7.89. The Bertz CT molecular complexity index is 869. The Labute approximate surface area is 148 Å². The number of likely N-dealkylation sites (N-methyl/N-ethyl adjacent to an activating group) is 1. The molecule has 1 fully saturated rings. The number of para-hydroxylation sites is 1. The molecular weight excluding hydrogens is 371 g/mol. The Morgan fingerprint density at radius 1 is 1.15 bits per heavy atom. The second-order valence-corrected chi connectivity index (χ2v) is 7.73. The van der Waals surface area contributed by atoms with Crippen LogP contribution in [-0.2, 0) is 10.0 Å². The number of hydrogen-bond acceptors (Lipinski definition) is 5. The molecule has 140 valence electrons. The van der Waals surface area contributed by atoms with Crippen molar-refractivity contribution >= 4 is 15.8 Å². The van der Waals surface area contributed by atoms with Crippen LogP contribution in [0.2, 0.25) is 0 Å². The lowest BCUT2D eigenvalue weighted by molar-refractivity contribution is -0.275. The predicted molar refractivity (Wildman–Crippen MR) is 88.3 cm³/mol. The number of anilines is 1. The maximum atomic E-state index is 12.8. The van der Waals surface area contributed by atoms with Crippen LogP contribution < -0.4 is 9.64 Å². The summed E-state index contributed by atoms with van der Waals surface area (Å²) in [5.74, 6) is -0.0249. The lowest BCUT2D eigenvalue weighted by atomic mass is 10.1. The number of hydrogen-bond donors (Lipinski definition) is 0. The third-order valence-electron chi connectivity index (χ3n) is 4.08. The first-order valence-corrected chi connectivity index (χ1v) is 9.11. The van der Waals surface area contributed by atoms with E-state index in [1.807, 2.05) is 11.0 Å². The number of rotatable bonds is 5. The van der Waals surface area contributed by atoms with Gasteiger partial charge in [-0.3, -0.25) is 0 Å². The molecule has 1 aromatic heterocycles. The molecule has 0 aliphatic carbocycles. The van der Waals surface area contributed by atoms with Crippen LogP contribution in [0.15, 0.2) is 53.6 Å². The van der Waals surface area contributed by atoms with Gasteiger partial charge in [-0.15, -0.1) is 13.2 Å². The number of nitrogens with zero attached hydrogens (tertiary/aromatic N) is 3. The molecule has 26 heavy (non-hydrogen) atoms. The van der Waals surface area contributed by atoms with E-state index in [4.69, 9.17) is 0 Å². The zero-order chi connectivity index (χ0) is 18.9. The van der Waals surface area contributed by atoms with Gasteiger partial charge in [-0.25, -0.2) is 13.4 Å². The van der Waals surface area contributed by atoms with Crippen molar-refractivity contribution in [1.82, 2.24) is 9.29 Å². The zero-order valence-corrected chi connectivity index (χ0v) is 14.5. The summed E-state index contributed by atoms with van der Waals surface area (Å²) in [7, 11) is -2.80. The van der Waals surface area contributed by atoms with Crippen molar-refractivity contribution in [2.45, 2.75) is 17.3 Å². The molecule has 0 spiro atoms. The van der Waals surface area contributed by atoms with E-state index in [0.29, 0.717) is 13.1 Å². The van der Waals surface area contributed by atoms with Gasteiger partial charge >= 0.3 is 6.36 Å². The second kappa shape index (κ2) is 6.76. The molecule has 3 rings (SSSR count). The molecule has 0 amide bonds. The van der Waals surface area contributed by atoms with Crippen LogP contribution in [0, 0.1) is 0 Å². The molecule has 0 bridgehead atoms. The average Bonchev–Trinajstić information content (AvgIpc) is 2.53. The molecule has 1 aliphatic rings. The number of benzene rings is 1. The highest BCUT2D eigenvalue weighted by atomic mass is 32.2. The quantitative estimate of drug-likeness (QED) is 0.789. The molecule has 1 saturated heterocycles. The molecule has 1 aliphatic heterocycles. The Morgan fingerprint density at radius 2 is 1.81 bits per heavy atom. The van der Waals surface area contributed by atoms with Gasteiger partial charge in [0.25, 0.3) is 0 Å². The minimum atomic E-state index is -4.98. The number of sulfonamides is 1. The van der Waals surface area contributed by atoms with Gasteiger partial charge < -0.3 is 9.64 Å². The standard InChI is InChI=1S/C16H16F3N3O3S/c1-21(12-10-22(11-12)15-8-4-5-9-20-15)26(23,24)14-7-3-2-6-13(14)25-16(17,18)19/h2-9,12H,10-11H2,1H3. The SMILES string of the molecule is CN(C1CN(c2ccccn2)C1)S(=O)(=O)c1ccccc1OC(F)(F)F. The van der Waals surface area contributed by atoms with Gasteiger partial charge in [0.15, 0.2) is 0 Å². The van der Waals surface area contributed by atoms with Gasteiger partial charge in [-0.1, -0.05) is 18.2 Å². The fraction of sp³-hybridized carbons (Fsp3) is 0.312. The van der Waals surface area contributed by atoms with E-state index in [9.17, 15) is 21.6 Å². The summed E-state index contributed by atoms with van der Waals surface area (Å²) in [6.07, 6.45) is -3.34. The van der Waals surface area contributed by atoms with E-state index in [2.05, 4.69) is 9.72 Å². The van der Waals surface area contributed by atoms with Crippen LogP contribution in [0.1, 0.15) is 0 Å². The van der Waals surface area contributed by atoms with Crippen LogP contribution in [0.5, 0.6) is 5.75 Å². The fourth-order valence-corrected chi connectivity index (χ4v) is 4.09. The molecule has 0 saturated carbocycles. The van der Waals surface area contributed by atoms with Crippen molar-refractivity contribution < 1.29 is 26.3 Å². The van der Waals surface area contributed by atoms with Crippen molar-refractivity contribution in [2.75, 3.05) is 25.0 Å². The highest BCUT2D eigenvalue weighted by Crippen LogP contribution is 2.33. The Balaban J connectivity index is 1.77. The van der Waals surface area contributed by atoms with Gasteiger partial charge in [0.2, 0.25) is 10.0 Å². The second-order valence-electron chi connectivity index (χ2n) is 5.76. The van der Waals surface area contributed by atoms with Crippen LogP contribution >= 0.6 is 0 Å². The zero-order valence-electron chi connectivity index (χ0n) is 13.7. The summed E-state index contributed by atoms with van der Waals surface area (Å²) in [4.78, 5) is 5.55. The summed E-state index contributed by atoms with van der Waals surface area (Å²) in [5.41, 5.74) is 0. The van der Waals surface area contributed by atoms with Crippen LogP contribution in [0.4, 0.5) is 19.0 Å². The first-order valence-electron chi connectivity index (χ1n) is 7.67. The number of pyridine rings is 1. The molecule has 0 unspecified atom stereocenters. The van der Waals surface area contributed by atoms with Crippen molar-refractivity contribution in [3.05, 3.63) is 48.7 Å². The maximum Gasteiger partial charge on any atom is 0.573 e. The summed E-state index contributed by atoms with van der Waals surface area (Å²) >= 11 is 0. The van der Waals surface area contributed by atoms with Gasteiger partial charge in [0.1, 0.15) is 16.5 Å². The number of aromatic nitrogens is 1. The molecule has 2 heterocycles. The number of halogens is 3. The van der Waals surface area contributed by atoms with Crippen molar-refractivity contribution in [3.63, 3.8) is 0 Å². The van der Waals surface area contributed by atoms with E-state index in [1.54, 1.807) is 18.3 Å². The fourth-order valence-electron chi connectivity index (χ4n) is 2.64. The lowest BCUT2D eigenvalue weighted by Gasteiger charge is -2.44. The summed E-state index contributed by atoms with van der Waals surface area (Å²) < 4.78 is 68.1. The summed E-state index contributed by atoms with van der Waals surface area (Å²) in [5, 5.41) is 0. The summed E-state index contributed by atoms with van der Waals surface area (Å²) in [6, 6.07) is 9.74. The molecule has 6 nitrogen and oxygen atoms in total. The smallest absolute Gasteiger partial charge is 0.404 e. The Kier molecular flexibility index (Phi) is 4.80.